The summed E-state index contributed by atoms with van der Waals surface area (Å²) in [5, 5.41) is 0. The summed E-state index contributed by atoms with van der Waals surface area (Å²) >= 11 is 0. The van der Waals surface area contributed by atoms with Gasteiger partial charge in [-0.3, -0.25) is 0 Å². The molecule has 0 rings (SSSR count). The first kappa shape index (κ1) is 6.05. The van der Waals surface area contributed by atoms with E-state index in [2.05, 4.69) is 6.92 Å². The molecule has 1 unspecified atom stereocenters. The molecule has 0 radical (unpaired) electrons. The van der Waals surface area contributed by atoms with Crippen molar-refractivity contribution in [1.29, 1.82) is 0 Å². The minimum atomic E-state index is -0.303. The third kappa shape index (κ3) is 2.99. The van der Waals surface area contributed by atoms with Crippen molar-refractivity contribution in [3.8, 4) is 0 Å². The molecule has 0 aliphatic carbocycles. The molecule has 1 atom stereocenters. The van der Waals surface area contributed by atoms with Gasteiger partial charge in [0.05, 0.1) is 6.17 Å². The van der Waals surface area contributed by atoms with Gasteiger partial charge in [0, 0.05) is 1.37 Å². The summed E-state index contributed by atoms with van der Waals surface area (Å²) in [6, 6.07) is 0. The van der Waals surface area contributed by atoms with E-state index in [-0.39, 0.29) is 12.1 Å². The molecule has 0 saturated carbocycles. The van der Waals surface area contributed by atoms with Crippen molar-refractivity contribution in [2.24, 2.45) is 17.4 Å². The van der Waals surface area contributed by atoms with Crippen molar-refractivity contribution >= 4 is 0 Å². The smallest absolute Gasteiger partial charge is 0.0547 e. The van der Waals surface area contributed by atoms with Crippen molar-refractivity contribution in [2.45, 2.75) is 32.8 Å². The van der Waals surface area contributed by atoms with Gasteiger partial charge >= 0.3 is 0 Å². The Hall–Kier alpha value is -0.0800. The van der Waals surface area contributed by atoms with E-state index in [1.54, 1.807) is 0 Å². The SMILES string of the molecule is [2H]CC(CCC)C(N)N. The predicted octanol–water partition coefficient (Wildman–Crippen LogP) is 0.666. The van der Waals surface area contributed by atoms with Crippen LogP contribution in [-0.2, 0) is 0 Å². The van der Waals surface area contributed by atoms with Crippen LogP contribution in [0.2, 0.25) is 0 Å². The van der Waals surface area contributed by atoms with Crippen LogP contribution in [0.4, 0.5) is 0 Å². The van der Waals surface area contributed by atoms with E-state index in [1.165, 1.54) is 0 Å². The Balaban J connectivity index is 3.41. The molecule has 0 heterocycles. The van der Waals surface area contributed by atoms with Gasteiger partial charge in [0.15, 0.2) is 0 Å². The van der Waals surface area contributed by atoms with Crippen LogP contribution in [0.5, 0.6) is 0 Å². The maximum absolute atomic E-state index is 7.03. The van der Waals surface area contributed by atoms with Crippen LogP contribution in [0.3, 0.4) is 0 Å². The Morgan fingerprint density at radius 3 is 2.38 bits per heavy atom. The average Bonchev–Trinajstić information content (AvgIpc) is 1.82. The molecule has 50 valence electrons. The lowest BCUT2D eigenvalue weighted by Crippen LogP contribution is -2.37. The second-order valence-electron chi connectivity index (χ2n) is 2.13. The standard InChI is InChI=1S/C6H16N2/c1-3-4-5(2)6(7)8/h5-6H,3-4,7-8H2,1-2H3/i2D. The summed E-state index contributed by atoms with van der Waals surface area (Å²) in [5.41, 5.74) is 10.8. The highest BCUT2D eigenvalue weighted by Gasteiger charge is 2.04. The van der Waals surface area contributed by atoms with Gasteiger partial charge in [-0.25, -0.2) is 0 Å². The van der Waals surface area contributed by atoms with Crippen molar-refractivity contribution in [2.75, 3.05) is 0 Å². The summed E-state index contributed by atoms with van der Waals surface area (Å²) in [5.74, 6) is 0.190. The molecule has 0 fully saturated rings. The van der Waals surface area contributed by atoms with Crippen molar-refractivity contribution in [3.63, 3.8) is 0 Å². The molecule has 8 heavy (non-hydrogen) atoms. The summed E-state index contributed by atoms with van der Waals surface area (Å²) < 4.78 is 7.03. The number of nitrogens with two attached hydrogens (primary N) is 2. The van der Waals surface area contributed by atoms with Crippen LogP contribution >= 0.6 is 0 Å². The molecule has 0 saturated heterocycles. The summed E-state index contributed by atoms with van der Waals surface area (Å²) in [4.78, 5) is 0. The second kappa shape index (κ2) is 3.87. The van der Waals surface area contributed by atoms with E-state index < -0.39 is 0 Å². The third-order valence-corrected chi connectivity index (χ3v) is 1.20. The topological polar surface area (TPSA) is 52.0 Å². The van der Waals surface area contributed by atoms with Crippen LogP contribution in [-0.4, -0.2) is 6.17 Å². The minimum absolute atomic E-state index is 0.190. The fourth-order valence-corrected chi connectivity index (χ4v) is 0.563. The molecular weight excluding hydrogens is 100 g/mol. The van der Waals surface area contributed by atoms with Gasteiger partial charge in [0.2, 0.25) is 0 Å². The molecule has 2 nitrogen and oxygen atoms in total. The zero-order valence-electron chi connectivity index (χ0n) is 6.43. The van der Waals surface area contributed by atoms with Crippen LogP contribution < -0.4 is 11.5 Å². The van der Waals surface area contributed by atoms with Gasteiger partial charge < -0.3 is 11.5 Å². The van der Waals surface area contributed by atoms with Gasteiger partial charge in [-0.1, -0.05) is 20.2 Å². The summed E-state index contributed by atoms with van der Waals surface area (Å²) in [6.07, 6.45) is 1.73. The monoisotopic (exact) mass is 117 g/mol. The molecule has 2 heteroatoms. The van der Waals surface area contributed by atoms with E-state index in [0.29, 0.717) is 6.90 Å². The van der Waals surface area contributed by atoms with E-state index in [0.717, 1.165) is 12.8 Å². The maximum atomic E-state index is 7.03. The predicted molar refractivity (Wildman–Crippen MR) is 36.2 cm³/mol. The van der Waals surface area contributed by atoms with Crippen molar-refractivity contribution in [3.05, 3.63) is 0 Å². The first-order chi connectivity index (χ1) is 4.22. The number of hydrogen-bond acceptors (Lipinski definition) is 2. The average molecular weight is 117 g/mol. The van der Waals surface area contributed by atoms with Crippen molar-refractivity contribution < 1.29 is 1.37 Å². The Bertz CT molecular complexity index is 66.1. The molecule has 0 aliphatic rings. The van der Waals surface area contributed by atoms with E-state index in [1.807, 2.05) is 0 Å². The zero-order chi connectivity index (χ0) is 7.28. The highest BCUT2D eigenvalue weighted by atomic mass is 14.9. The zero-order valence-corrected chi connectivity index (χ0v) is 5.43. The lowest BCUT2D eigenvalue weighted by atomic mass is 10.0. The summed E-state index contributed by atoms with van der Waals surface area (Å²) in [6.45, 7) is 2.43. The normalized spacial score (nSPS) is 16.2. The molecule has 0 aromatic heterocycles. The number of hydrogen-bond donors (Lipinski definition) is 2. The first-order valence-corrected chi connectivity index (χ1v) is 3.02. The van der Waals surface area contributed by atoms with Crippen LogP contribution in [0, 0.1) is 5.92 Å². The number of rotatable bonds is 3. The molecule has 0 amide bonds. The largest absolute Gasteiger partial charge is 0.316 e. The molecule has 0 aliphatic heterocycles. The van der Waals surface area contributed by atoms with E-state index >= 15 is 0 Å². The van der Waals surface area contributed by atoms with E-state index in [9.17, 15) is 0 Å². The molecule has 0 aromatic carbocycles. The first-order valence-electron chi connectivity index (χ1n) is 3.73. The fraction of sp³-hybridized carbons (Fsp3) is 1.00. The minimum Gasteiger partial charge on any atom is -0.316 e. The van der Waals surface area contributed by atoms with Gasteiger partial charge in [-0.15, -0.1) is 0 Å². The second-order valence-corrected chi connectivity index (χ2v) is 2.13. The highest BCUT2D eigenvalue weighted by Crippen LogP contribution is 2.03. The lowest BCUT2D eigenvalue weighted by Gasteiger charge is -2.12. The molecular formula is C6H16N2. The van der Waals surface area contributed by atoms with Gasteiger partial charge in [0.25, 0.3) is 0 Å². The molecule has 0 bridgehead atoms. The quantitative estimate of drug-likeness (QED) is 0.534. The van der Waals surface area contributed by atoms with Gasteiger partial charge in [0.1, 0.15) is 0 Å². The lowest BCUT2D eigenvalue weighted by molar-refractivity contribution is 0.432. The Morgan fingerprint density at radius 2 is 2.25 bits per heavy atom. The Labute approximate surface area is 52.6 Å². The van der Waals surface area contributed by atoms with Crippen LogP contribution in [0.15, 0.2) is 0 Å². The van der Waals surface area contributed by atoms with Gasteiger partial charge in [-0.2, -0.15) is 0 Å². The van der Waals surface area contributed by atoms with Crippen molar-refractivity contribution in [1.82, 2.24) is 0 Å². The Kier molecular flexibility index (Phi) is 2.92. The maximum Gasteiger partial charge on any atom is 0.0547 e. The Morgan fingerprint density at radius 1 is 1.62 bits per heavy atom. The molecule has 4 N–H and O–H groups in total. The highest BCUT2D eigenvalue weighted by molar-refractivity contribution is 4.59. The molecule has 0 aromatic rings. The van der Waals surface area contributed by atoms with Gasteiger partial charge in [-0.05, 0) is 12.3 Å². The fourth-order valence-electron chi connectivity index (χ4n) is 0.563. The third-order valence-electron chi connectivity index (χ3n) is 1.20. The van der Waals surface area contributed by atoms with Crippen LogP contribution in [0.1, 0.15) is 28.0 Å². The van der Waals surface area contributed by atoms with E-state index in [4.69, 9.17) is 12.8 Å². The summed E-state index contributed by atoms with van der Waals surface area (Å²) in [7, 11) is 0. The van der Waals surface area contributed by atoms with Crippen LogP contribution in [0.25, 0.3) is 0 Å². The molecule has 0 spiro atoms.